The number of thiophene rings is 1. The Morgan fingerprint density at radius 3 is 2.68 bits per heavy atom. The first kappa shape index (κ1) is 14.8. The molecule has 0 saturated carbocycles. The molecule has 0 radical (unpaired) electrons. The Labute approximate surface area is 134 Å². The predicted octanol–water partition coefficient (Wildman–Crippen LogP) is 1.57. The minimum absolute atomic E-state index is 0.136. The summed E-state index contributed by atoms with van der Waals surface area (Å²) in [7, 11) is 3.90. The number of anilines is 2. The highest BCUT2D eigenvalue weighted by atomic mass is 32.1. The Morgan fingerprint density at radius 1 is 1.27 bits per heavy atom. The van der Waals surface area contributed by atoms with Crippen LogP contribution in [0.1, 0.15) is 9.67 Å². The molecule has 0 aromatic carbocycles. The van der Waals surface area contributed by atoms with E-state index in [2.05, 4.69) is 15.1 Å². The third kappa shape index (κ3) is 3.04. The molecule has 0 spiro atoms. The van der Waals surface area contributed by atoms with Crippen LogP contribution in [0, 0.1) is 0 Å². The Balaban J connectivity index is 1.64. The zero-order valence-corrected chi connectivity index (χ0v) is 13.6. The first-order valence-electron chi connectivity index (χ1n) is 7.23. The highest BCUT2D eigenvalue weighted by Gasteiger charge is 2.23. The Morgan fingerprint density at radius 2 is 2.05 bits per heavy atom. The molecule has 2 aromatic heterocycles. The van der Waals surface area contributed by atoms with Gasteiger partial charge in [0.2, 0.25) is 0 Å². The number of nitrogens with zero attached hydrogens (tertiary/aromatic N) is 5. The van der Waals surface area contributed by atoms with Crippen LogP contribution in [-0.2, 0) is 0 Å². The first-order chi connectivity index (χ1) is 10.6. The van der Waals surface area contributed by atoms with Crippen LogP contribution in [0.2, 0.25) is 0 Å². The average Bonchev–Trinajstić information content (AvgIpc) is 3.09. The van der Waals surface area contributed by atoms with E-state index in [1.807, 2.05) is 47.5 Å². The van der Waals surface area contributed by atoms with Crippen molar-refractivity contribution in [2.24, 2.45) is 0 Å². The van der Waals surface area contributed by atoms with Crippen molar-refractivity contribution in [3.63, 3.8) is 0 Å². The van der Waals surface area contributed by atoms with Gasteiger partial charge in [0.05, 0.1) is 16.8 Å². The molecule has 0 aliphatic carbocycles. The lowest BCUT2D eigenvalue weighted by Gasteiger charge is -2.35. The number of piperazine rings is 1. The Bertz CT molecular complexity index is 635. The Hall–Kier alpha value is -2.15. The molecule has 0 bridgehead atoms. The van der Waals surface area contributed by atoms with Crippen LogP contribution in [0.25, 0.3) is 0 Å². The van der Waals surface area contributed by atoms with Crippen molar-refractivity contribution in [3.8, 4) is 0 Å². The van der Waals surface area contributed by atoms with Gasteiger partial charge in [-0.15, -0.1) is 16.4 Å². The van der Waals surface area contributed by atoms with Crippen molar-refractivity contribution >= 4 is 28.7 Å². The van der Waals surface area contributed by atoms with Gasteiger partial charge < -0.3 is 14.7 Å². The molecule has 0 unspecified atom stereocenters. The molecule has 1 aliphatic heterocycles. The van der Waals surface area contributed by atoms with Gasteiger partial charge in [-0.05, 0) is 11.4 Å². The number of rotatable bonds is 3. The third-order valence-corrected chi connectivity index (χ3v) is 4.61. The molecular weight excluding hydrogens is 298 g/mol. The molecule has 0 atom stereocenters. The summed E-state index contributed by atoms with van der Waals surface area (Å²) in [5.74, 6) is 0.978. The van der Waals surface area contributed by atoms with Crippen LogP contribution in [0.4, 0.5) is 11.5 Å². The number of amides is 1. The van der Waals surface area contributed by atoms with Gasteiger partial charge in [-0.2, -0.15) is 5.10 Å². The molecule has 3 rings (SSSR count). The molecule has 6 nitrogen and oxygen atoms in total. The summed E-state index contributed by atoms with van der Waals surface area (Å²) in [6, 6.07) is 5.83. The molecular formula is C15H19N5OS. The average molecular weight is 317 g/mol. The summed E-state index contributed by atoms with van der Waals surface area (Å²) >= 11 is 1.50. The summed E-state index contributed by atoms with van der Waals surface area (Å²) in [6.07, 6.45) is 1.78. The summed E-state index contributed by atoms with van der Waals surface area (Å²) in [5, 5.41) is 10.1. The fourth-order valence-electron chi connectivity index (χ4n) is 2.46. The highest BCUT2D eigenvalue weighted by molar-refractivity contribution is 7.12. The molecule has 7 heteroatoms. The summed E-state index contributed by atoms with van der Waals surface area (Å²) < 4.78 is 0. The second-order valence-corrected chi connectivity index (χ2v) is 6.37. The summed E-state index contributed by atoms with van der Waals surface area (Å²) in [5.41, 5.74) is 1.06. The summed E-state index contributed by atoms with van der Waals surface area (Å²) in [6.45, 7) is 3.10. The van der Waals surface area contributed by atoms with Gasteiger partial charge in [-0.25, -0.2) is 0 Å². The van der Waals surface area contributed by atoms with Crippen molar-refractivity contribution in [1.82, 2.24) is 15.1 Å². The van der Waals surface area contributed by atoms with Gasteiger partial charge in [-0.3, -0.25) is 4.79 Å². The number of hydrogen-bond donors (Lipinski definition) is 0. The van der Waals surface area contributed by atoms with Crippen molar-refractivity contribution < 1.29 is 4.79 Å². The second kappa shape index (κ2) is 6.31. The normalized spacial score (nSPS) is 15.0. The third-order valence-electron chi connectivity index (χ3n) is 3.75. The van der Waals surface area contributed by atoms with Crippen LogP contribution in [0.5, 0.6) is 0 Å². The van der Waals surface area contributed by atoms with E-state index < -0.39 is 0 Å². The number of carbonyl (C=O) groups is 1. The van der Waals surface area contributed by atoms with Crippen molar-refractivity contribution in [3.05, 3.63) is 34.7 Å². The fourth-order valence-corrected chi connectivity index (χ4v) is 3.15. The molecule has 116 valence electrons. The predicted molar refractivity (Wildman–Crippen MR) is 88.8 cm³/mol. The van der Waals surface area contributed by atoms with E-state index in [0.29, 0.717) is 0 Å². The fraction of sp³-hybridized carbons (Fsp3) is 0.400. The minimum Gasteiger partial charge on any atom is -0.367 e. The molecule has 1 fully saturated rings. The zero-order chi connectivity index (χ0) is 15.5. The maximum atomic E-state index is 12.3. The van der Waals surface area contributed by atoms with Gasteiger partial charge in [0.25, 0.3) is 5.91 Å². The monoisotopic (exact) mass is 317 g/mol. The van der Waals surface area contributed by atoms with E-state index in [0.717, 1.165) is 42.6 Å². The maximum Gasteiger partial charge on any atom is 0.264 e. The Kier molecular flexibility index (Phi) is 4.24. The van der Waals surface area contributed by atoms with Crippen molar-refractivity contribution in [2.75, 3.05) is 50.1 Å². The van der Waals surface area contributed by atoms with Crippen LogP contribution in [-0.4, -0.2) is 61.3 Å². The van der Waals surface area contributed by atoms with Gasteiger partial charge in [0.15, 0.2) is 5.82 Å². The van der Waals surface area contributed by atoms with Crippen LogP contribution >= 0.6 is 11.3 Å². The summed E-state index contributed by atoms with van der Waals surface area (Å²) in [4.78, 5) is 19.3. The molecule has 22 heavy (non-hydrogen) atoms. The van der Waals surface area contributed by atoms with Gasteiger partial charge in [0.1, 0.15) is 0 Å². The number of aromatic nitrogens is 2. The van der Waals surface area contributed by atoms with Gasteiger partial charge in [0, 0.05) is 46.3 Å². The standard InChI is InChI=1S/C15H19N5OS/c1-18(2)14-10-12(11-16-17-14)19-5-7-20(8-6-19)15(21)13-4-3-9-22-13/h3-4,9-11H,5-8H2,1-2H3. The highest BCUT2D eigenvalue weighted by Crippen LogP contribution is 2.20. The quantitative estimate of drug-likeness (QED) is 0.860. The zero-order valence-electron chi connectivity index (χ0n) is 12.8. The molecule has 1 saturated heterocycles. The molecule has 0 N–H and O–H groups in total. The van der Waals surface area contributed by atoms with E-state index >= 15 is 0 Å². The van der Waals surface area contributed by atoms with Crippen LogP contribution in [0.3, 0.4) is 0 Å². The lowest BCUT2D eigenvalue weighted by Crippen LogP contribution is -2.48. The molecule has 2 aromatic rings. The van der Waals surface area contributed by atoms with Gasteiger partial charge >= 0.3 is 0 Å². The lowest BCUT2D eigenvalue weighted by molar-refractivity contribution is 0.0751. The number of carbonyl (C=O) groups excluding carboxylic acids is 1. The molecule has 1 aliphatic rings. The molecule has 1 amide bonds. The van der Waals surface area contributed by atoms with Gasteiger partial charge in [-0.1, -0.05) is 6.07 Å². The molecule has 3 heterocycles. The van der Waals surface area contributed by atoms with E-state index in [9.17, 15) is 4.79 Å². The van der Waals surface area contributed by atoms with Crippen LogP contribution in [0.15, 0.2) is 29.8 Å². The van der Waals surface area contributed by atoms with Crippen LogP contribution < -0.4 is 9.80 Å². The topological polar surface area (TPSA) is 52.6 Å². The first-order valence-corrected chi connectivity index (χ1v) is 8.11. The SMILES string of the molecule is CN(C)c1cc(N2CCN(C(=O)c3cccs3)CC2)cnn1. The largest absolute Gasteiger partial charge is 0.367 e. The van der Waals surface area contributed by atoms with E-state index in [-0.39, 0.29) is 5.91 Å². The van der Waals surface area contributed by atoms with E-state index in [4.69, 9.17) is 0 Å². The number of hydrogen-bond acceptors (Lipinski definition) is 6. The smallest absolute Gasteiger partial charge is 0.264 e. The van der Waals surface area contributed by atoms with E-state index in [1.165, 1.54) is 11.3 Å². The minimum atomic E-state index is 0.136. The van der Waals surface area contributed by atoms with Crippen molar-refractivity contribution in [1.29, 1.82) is 0 Å². The second-order valence-electron chi connectivity index (χ2n) is 5.42. The lowest BCUT2D eigenvalue weighted by atomic mass is 10.2. The van der Waals surface area contributed by atoms with E-state index in [1.54, 1.807) is 6.20 Å². The van der Waals surface area contributed by atoms with Crippen molar-refractivity contribution in [2.45, 2.75) is 0 Å². The maximum absolute atomic E-state index is 12.3.